The van der Waals surface area contributed by atoms with Crippen molar-refractivity contribution in [1.82, 2.24) is 10.2 Å². The van der Waals surface area contributed by atoms with Crippen LogP contribution in [0.15, 0.2) is 40.3 Å². The van der Waals surface area contributed by atoms with Crippen LogP contribution in [-0.2, 0) is 0 Å². The second-order valence-corrected chi connectivity index (χ2v) is 6.37. The van der Waals surface area contributed by atoms with Crippen LogP contribution in [0.3, 0.4) is 0 Å². The number of furan rings is 1. The van der Waals surface area contributed by atoms with E-state index >= 15 is 0 Å². The number of piperidine rings is 1. The molecule has 6 heteroatoms. The van der Waals surface area contributed by atoms with Gasteiger partial charge >= 0.3 is 0 Å². The van der Waals surface area contributed by atoms with Crippen molar-refractivity contribution in [3.63, 3.8) is 0 Å². The zero-order valence-electron chi connectivity index (χ0n) is 12.2. The van der Waals surface area contributed by atoms with Crippen molar-refractivity contribution in [3.8, 4) is 0 Å². The van der Waals surface area contributed by atoms with Crippen LogP contribution < -0.4 is 5.32 Å². The van der Waals surface area contributed by atoms with Gasteiger partial charge in [-0.15, -0.1) is 11.3 Å². The summed E-state index contributed by atoms with van der Waals surface area (Å²) >= 11 is 1.43. The molecule has 1 atom stereocenters. The van der Waals surface area contributed by atoms with Crippen molar-refractivity contribution in [2.24, 2.45) is 5.92 Å². The summed E-state index contributed by atoms with van der Waals surface area (Å²) in [4.78, 5) is 26.8. The third-order valence-corrected chi connectivity index (χ3v) is 4.70. The zero-order chi connectivity index (χ0) is 15.4. The van der Waals surface area contributed by atoms with E-state index < -0.39 is 0 Å². The molecule has 116 valence electrons. The molecule has 1 aliphatic rings. The summed E-state index contributed by atoms with van der Waals surface area (Å²) in [6, 6.07) is 7.08. The van der Waals surface area contributed by atoms with Gasteiger partial charge in [-0.05, 0) is 42.3 Å². The maximum Gasteiger partial charge on any atom is 0.289 e. The smallest absolute Gasteiger partial charge is 0.289 e. The van der Waals surface area contributed by atoms with Crippen LogP contribution in [0.2, 0.25) is 0 Å². The minimum atomic E-state index is -0.0701. The first-order chi connectivity index (χ1) is 10.7. The summed E-state index contributed by atoms with van der Waals surface area (Å²) in [5.41, 5.74) is 0. The average Bonchev–Trinajstić information content (AvgIpc) is 3.25. The third-order valence-electron chi connectivity index (χ3n) is 3.83. The van der Waals surface area contributed by atoms with Crippen LogP contribution in [-0.4, -0.2) is 36.3 Å². The first kappa shape index (κ1) is 14.8. The van der Waals surface area contributed by atoms with Gasteiger partial charge in [0.25, 0.3) is 11.8 Å². The van der Waals surface area contributed by atoms with Crippen molar-refractivity contribution < 1.29 is 14.0 Å². The summed E-state index contributed by atoms with van der Waals surface area (Å²) in [5, 5.41) is 4.85. The Morgan fingerprint density at radius 2 is 2.27 bits per heavy atom. The van der Waals surface area contributed by atoms with Crippen LogP contribution in [0.4, 0.5) is 0 Å². The number of rotatable bonds is 4. The molecule has 0 aromatic carbocycles. The monoisotopic (exact) mass is 318 g/mol. The molecule has 2 amide bonds. The highest BCUT2D eigenvalue weighted by molar-refractivity contribution is 7.12. The van der Waals surface area contributed by atoms with Crippen molar-refractivity contribution in [2.45, 2.75) is 12.8 Å². The molecule has 0 radical (unpaired) electrons. The number of carbonyl (C=O) groups excluding carboxylic acids is 2. The van der Waals surface area contributed by atoms with Gasteiger partial charge in [0.1, 0.15) is 0 Å². The summed E-state index contributed by atoms with van der Waals surface area (Å²) in [5.74, 6) is 0.559. The number of nitrogens with zero attached hydrogens (tertiary/aromatic N) is 1. The van der Waals surface area contributed by atoms with E-state index in [-0.39, 0.29) is 17.7 Å². The van der Waals surface area contributed by atoms with Gasteiger partial charge < -0.3 is 14.6 Å². The Morgan fingerprint density at radius 3 is 3.00 bits per heavy atom. The fraction of sp³-hybridized carbons (Fsp3) is 0.375. The van der Waals surface area contributed by atoms with E-state index in [4.69, 9.17) is 4.42 Å². The van der Waals surface area contributed by atoms with Gasteiger partial charge in [-0.3, -0.25) is 9.59 Å². The highest BCUT2D eigenvalue weighted by Crippen LogP contribution is 2.18. The van der Waals surface area contributed by atoms with Crippen molar-refractivity contribution in [1.29, 1.82) is 0 Å². The molecule has 1 saturated heterocycles. The van der Waals surface area contributed by atoms with Gasteiger partial charge in [0.2, 0.25) is 0 Å². The van der Waals surface area contributed by atoms with E-state index in [0.29, 0.717) is 18.8 Å². The van der Waals surface area contributed by atoms with E-state index in [2.05, 4.69) is 5.32 Å². The van der Waals surface area contributed by atoms with Gasteiger partial charge in [0.15, 0.2) is 5.76 Å². The zero-order valence-corrected chi connectivity index (χ0v) is 13.0. The van der Waals surface area contributed by atoms with E-state index in [1.165, 1.54) is 17.6 Å². The van der Waals surface area contributed by atoms with E-state index in [1.54, 1.807) is 12.1 Å². The fourth-order valence-corrected chi connectivity index (χ4v) is 3.34. The molecule has 0 aliphatic carbocycles. The number of likely N-dealkylation sites (tertiary alicyclic amines) is 1. The molecule has 0 spiro atoms. The van der Waals surface area contributed by atoms with Crippen molar-refractivity contribution in [3.05, 3.63) is 46.5 Å². The average molecular weight is 318 g/mol. The van der Waals surface area contributed by atoms with Gasteiger partial charge in [-0.25, -0.2) is 0 Å². The lowest BCUT2D eigenvalue weighted by molar-refractivity contribution is 0.0639. The lowest BCUT2D eigenvalue weighted by atomic mass is 9.97. The molecule has 3 heterocycles. The molecule has 3 rings (SSSR count). The highest BCUT2D eigenvalue weighted by Gasteiger charge is 2.26. The van der Waals surface area contributed by atoms with Crippen LogP contribution >= 0.6 is 11.3 Å². The Hall–Kier alpha value is -2.08. The molecule has 5 nitrogen and oxygen atoms in total. The van der Waals surface area contributed by atoms with Crippen LogP contribution in [0.5, 0.6) is 0 Å². The minimum absolute atomic E-state index is 0.0375. The summed E-state index contributed by atoms with van der Waals surface area (Å²) in [6.45, 7) is 2.00. The standard InChI is InChI=1S/C16H18N2O3S/c19-15(14-6-3-9-22-14)17-10-12-4-1-7-18(11-12)16(20)13-5-2-8-21-13/h2-3,5-6,8-9,12H,1,4,7,10-11H2,(H,17,19)/t12-/m1/s1. The molecule has 2 aromatic heterocycles. The van der Waals surface area contributed by atoms with E-state index in [0.717, 1.165) is 24.3 Å². The molecule has 1 N–H and O–H groups in total. The molecule has 0 bridgehead atoms. The molecule has 2 aromatic rings. The second kappa shape index (κ2) is 6.79. The topological polar surface area (TPSA) is 62.6 Å². The number of carbonyl (C=O) groups is 2. The first-order valence-electron chi connectivity index (χ1n) is 7.38. The van der Waals surface area contributed by atoms with Crippen LogP contribution in [0.25, 0.3) is 0 Å². The lowest BCUT2D eigenvalue weighted by Crippen LogP contribution is -2.43. The second-order valence-electron chi connectivity index (χ2n) is 5.42. The normalized spacial score (nSPS) is 18.2. The summed E-state index contributed by atoms with van der Waals surface area (Å²) < 4.78 is 5.17. The Morgan fingerprint density at radius 1 is 1.36 bits per heavy atom. The molecular formula is C16H18N2O3S. The number of thiophene rings is 1. The highest BCUT2D eigenvalue weighted by atomic mass is 32.1. The summed E-state index contributed by atoms with van der Waals surface area (Å²) in [6.07, 6.45) is 3.48. The largest absolute Gasteiger partial charge is 0.459 e. The lowest BCUT2D eigenvalue weighted by Gasteiger charge is -2.32. The quantitative estimate of drug-likeness (QED) is 0.942. The molecule has 1 aliphatic heterocycles. The number of nitrogens with one attached hydrogen (secondary N) is 1. The van der Waals surface area contributed by atoms with Crippen LogP contribution in [0, 0.1) is 5.92 Å². The predicted octanol–water partition coefficient (Wildman–Crippen LogP) is 2.62. The van der Waals surface area contributed by atoms with E-state index in [1.807, 2.05) is 22.4 Å². The SMILES string of the molecule is O=C(NC[C@H]1CCCN(C(=O)c2ccco2)C1)c1cccs1. The van der Waals surface area contributed by atoms with Crippen molar-refractivity contribution >= 4 is 23.2 Å². The Labute approximate surface area is 132 Å². The molecule has 0 unspecified atom stereocenters. The maximum atomic E-state index is 12.3. The molecule has 22 heavy (non-hydrogen) atoms. The molecular weight excluding hydrogens is 300 g/mol. The molecule has 1 fully saturated rings. The van der Waals surface area contributed by atoms with E-state index in [9.17, 15) is 9.59 Å². The van der Waals surface area contributed by atoms with Gasteiger partial charge in [0, 0.05) is 19.6 Å². The third kappa shape index (κ3) is 3.39. The first-order valence-corrected chi connectivity index (χ1v) is 8.26. The predicted molar refractivity (Wildman–Crippen MR) is 84.0 cm³/mol. The van der Waals surface area contributed by atoms with Crippen molar-refractivity contribution in [2.75, 3.05) is 19.6 Å². The minimum Gasteiger partial charge on any atom is -0.459 e. The Bertz CT molecular complexity index is 622. The summed E-state index contributed by atoms with van der Waals surface area (Å²) in [7, 11) is 0. The number of amides is 2. The molecule has 0 saturated carbocycles. The van der Waals surface area contributed by atoms with Crippen LogP contribution in [0.1, 0.15) is 33.1 Å². The fourth-order valence-electron chi connectivity index (χ4n) is 2.70. The van der Waals surface area contributed by atoms with Gasteiger partial charge in [0.05, 0.1) is 11.1 Å². The number of hydrogen-bond donors (Lipinski definition) is 1. The Kier molecular flexibility index (Phi) is 4.58. The number of hydrogen-bond acceptors (Lipinski definition) is 4. The van der Waals surface area contributed by atoms with Gasteiger partial charge in [-0.1, -0.05) is 6.07 Å². The van der Waals surface area contributed by atoms with Gasteiger partial charge in [-0.2, -0.15) is 0 Å². The Balaban J connectivity index is 1.52. The maximum absolute atomic E-state index is 12.3.